The molecular formula is C13H19FN2. The molecule has 0 saturated heterocycles. The molecule has 2 nitrogen and oxygen atoms in total. The smallest absolute Gasteiger partial charge is 0.126 e. The fraction of sp³-hybridized carbons (Fsp3) is 0.538. The van der Waals surface area contributed by atoms with E-state index < -0.39 is 0 Å². The van der Waals surface area contributed by atoms with Crippen molar-refractivity contribution in [1.29, 1.82) is 0 Å². The highest BCUT2D eigenvalue weighted by Gasteiger charge is 2.22. The van der Waals surface area contributed by atoms with Gasteiger partial charge in [0.2, 0.25) is 0 Å². The molecular weight excluding hydrogens is 203 g/mol. The molecule has 88 valence electrons. The molecule has 0 heterocycles. The van der Waals surface area contributed by atoms with Crippen molar-refractivity contribution in [3.63, 3.8) is 0 Å². The van der Waals surface area contributed by atoms with Gasteiger partial charge in [0.1, 0.15) is 5.82 Å². The van der Waals surface area contributed by atoms with Crippen molar-refractivity contribution >= 4 is 0 Å². The second kappa shape index (κ2) is 5.41. The van der Waals surface area contributed by atoms with Crippen LogP contribution in [0, 0.1) is 11.7 Å². The first-order chi connectivity index (χ1) is 7.79. The van der Waals surface area contributed by atoms with E-state index in [0.29, 0.717) is 6.42 Å². The molecule has 0 amide bonds. The summed E-state index contributed by atoms with van der Waals surface area (Å²) in [4.78, 5) is 0. The van der Waals surface area contributed by atoms with E-state index in [2.05, 4.69) is 5.43 Å². The summed E-state index contributed by atoms with van der Waals surface area (Å²) in [6.07, 6.45) is 5.68. The Kier molecular flexibility index (Phi) is 3.91. The van der Waals surface area contributed by atoms with Crippen LogP contribution in [0.25, 0.3) is 0 Å². The zero-order valence-electron chi connectivity index (χ0n) is 9.45. The fourth-order valence-electron chi connectivity index (χ4n) is 2.27. The van der Waals surface area contributed by atoms with Crippen LogP contribution in [0.15, 0.2) is 24.3 Å². The Hall–Kier alpha value is -0.930. The zero-order valence-corrected chi connectivity index (χ0v) is 9.45. The average molecular weight is 222 g/mol. The molecule has 0 spiro atoms. The Bertz CT molecular complexity index is 336. The van der Waals surface area contributed by atoms with Gasteiger partial charge in [0, 0.05) is 6.04 Å². The largest absolute Gasteiger partial charge is 0.271 e. The Balaban J connectivity index is 1.92. The van der Waals surface area contributed by atoms with Gasteiger partial charge in [-0.3, -0.25) is 11.3 Å². The minimum absolute atomic E-state index is 0.128. The van der Waals surface area contributed by atoms with Crippen molar-refractivity contribution in [2.24, 2.45) is 11.8 Å². The van der Waals surface area contributed by atoms with Crippen molar-refractivity contribution < 1.29 is 4.39 Å². The number of nitrogens with one attached hydrogen (secondary N) is 1. The van der Waals surface area contributed by atoms with E-state index in [1.165, 1.54) is 25.3 Å². The third kappa shape index (κ3) is 2.80. The van der Waals surface area contributed by atoms with Gasteiger partial charge in [0.05, 0.1) is 0 Å². The van der Waals surface area contributed by atoms with Crippen molar-refractivity contribution in [2.75, 3.05) is 0 Å². The summed E-state index contributed by atoms with van der Waals surface area (Å²) in [6.45, 7) is 0. The van der Waals surface area contributed by atoms with Gasteiger partial charge in [-0.25, -0.2) is 4.39 Å². The average Bonchev–Trinajstić information content (AvgIpc) is 2.24. The molecule has 0 bridgehead atoms. The quantitative estimate of drug-likeness (QED) is 0.593. The zero-order chi connectivity index (χ0) is 11.4. The fourth-order valence-corrected chi connectivity index (χ4v) is 2.27. The monoisotopic (exact) mass is 222 g/mol. The van der Waals surface area contributed by atoms with Crippen LogP contribution < -0.4 is 11.3 Å². The van der Waals surface area contributed by atoms with Gasteiger partial charge >= 0.3 is 0 Å². The lowest BCUT2D eigenvalue weighted by molar-refractivity contribution is 0.259. The first kappa shape index (κ1) is 11.6. The van der Waals surface area contributed by atoms with Crippen LogP contribution in [-0.2, 0) is 6.42 Å². The van der Waals surface area contributed by atoms with E-state index in [9.17, 15) is 4.39 Å². The molecule has 1 fully saturated rings. The van der Waals surface area contributed by atoms with Crippen LogP contribution in [0.5, 0.6) is 0 Å². The van der Waals surface area contributed by atoms with Gasteiger partial charge in [0.15, 0.2) is 0 Å². The SMILES string of the molecule is NNC(Cc1ccccc1F)CC1CCC1. The number of nitrogens with two attached hydrogens (primary N) is 1. The summed E-state index contributed by atoms with van der Waals surface area (Å²) in [5.41, 5.74) is 3.56. The van der Waals surface area contributed by atoms with E-state index in [4.69, 9.17) is 5.84 Å². The molecule has 3 N–H and O–H groups in total. The highest BCUT2D eigenvalue weighted by atomic mass is 19.1. The van der Waals surface area contributed by atoms with E-state index in [-0.39, 0.29) is 11.9 Å². The van der Waals surface area contributed by atoms with Gasteiger partial charge in [-0.2, -0.15) is 0 Å². The van der Waals surface area contributed by atoms with Crippen molar-refractivity contribution in [3.8, 4) is 0 Å². The molecule has 1 aliphatic carbocycles. The highest BCUT2D eigenvalue weighted by Crippen LogP contribution is 2.31. The van der Waals surface area contributed by atoms with E-state index in [0.717, 1.165) is 17.9 Å². The number of benzene rings is 1. The molecule has 1 saturated carbocycles. The van der Waals surface area contributed by atoms with Gasteiger partial charge in [-0.05, 0) is 30.4 Å². The molecule has 2 rings (SSSR count). The number of hydrazine groups is 1. The topological polar surface area (TPSA) is 38.0 Å². The molecule has 1 aromatic carbocycles. The summed E-state index contributed by atoms with van der Waals surface area (Å²) in [5, 5.41) is 0. The number of hydrogen-bond acceptors (Lipinski definition) is 2. The summed E-state index contributed by atoms with van der Waals surface area (Å²) < 4.78 is 13.5. The second-order valence-corrected chi connectivity index (χ2v) is 4.69. The summed E-state index contributed by atoms with van der Waals surface area (Å²) in [7, 11) is 0. The first-order valence-corrected chi connectivity index (χ1v) is 5.99. The lowest BCUT2D eigenvalue weighted by Gasteiger charge is -2.29. The summed E-state index contributed by atoms with van der Waals surface area (Å²) in [5.74, 6) is 6.18. The number of halogens is 1. The van der Waals surface area contributed by atoms with E-state index >= 15 is 0 Å². The van der Waals surface area contributed by atoms with Crippen LogP contribution in [0.1, 0.15) is 31.2 Å². The standard InChI is InChI=1S/C13H19FN2/c14-13-7-2-1-6-11(13)9-12(16-15)8-10-4-3-5-10/h1-2,6-7,10,12,16H,3-5,8-9,15H2. The van der Waals surface area contributed by atoms with E-state index in [1.54, 1.807) is 6.07 Å². The predicted molar refractivity (Wildman–Crippen MR) is 63.2 cm³/mol. The Morgan fingerprint density at radius 1 is 1.38 bits per heavy atom. The van der Waals surface area contributed by atoms with Gasteiger partial charge in [0.25, 0.3) is 0 Å². The molecule has 0 aliphatic heterocycles. The Morgan fingerprint density at radius 2 is 2.12 bits per heavy atom. The summed E-state index contributed by atoms with van der Waals surface area (Å²) >= 11 is 0. The third-order valence-electron chi connectivity index (χ3n) is 3.50. The lowest BCUT2D eigenvalue weighted by Crippen LogP contribution is -2.39. The normalized spacial score (nSPS) is 18.1. The third-order valence-corrected chi connectivity index (χ3v) is 3.50. The lowest BCUT2D eigenvalue weighted by atomic mass is 9.80. The van der Waals surface area contributed by atoms with Crippen LogP contribution in [0.2, 0.25) is 0 Å². The molecule has 1 atom stereocenters. The van der Waals surface area contributed by atoms with Crippen molar-refractivity contribution in [3.05, 3.63) is 35.6 Å². The minimum atomic E-state index is -0.128. The van der Waals surface area contributed by atoms with E-state index in [1.807, 2.05) is 12.1 Å². The van der Waals surface area contributed by atoms with Crippen LogP contribution in [-0.4, -0.2) is 6.04 Å². The van der Waals surface area contributed by atoms with Gasteiger partial charge in [-0.1, -0.05) is 37.5 Å². The van der Waals surface area contributed by atoms with Gasteiger partial charge in [-0.15, -0.1) is 0 Å². The van der Waals surface area contributed by atoms with Crippen LogP contribution in [0.3, 0.4) is 0 Å². The second-order valence-electron chi connectivity index (χ2n) is 4.69. The molecule has 1 unspecified atom stereocenters. The van der Waals surface area contributed by atoms with Gasteiger partial charge < -0.3 is 0 Å². The van der Waals surface area contributed by atoms with Crippen LogP contribution in [0.4, 0.5) is 4.39 Å². The maximum Gasteiger partial charge on any atom is 0.126 e. The number of hydrogen-bond donors (Lipinski definition) is 2. The molecule has 3 heteroatoms. The number of rotatable bonds is 5. The first-order valence-electron chi connectivity index (χ1n) is 5.99. The highest BCUT2D eigenvalue weighted by molar-refractivity contribution is 5.18. The van der Waals surface area contributed by atoms with Crippen molar-refractivity contribution in [2.45, 2.75) is 38.1 Å². The Morgan fingerprint density at radius 3 is 2.69 bits per heavy atom. The summed E-state index contributed by atoms with van der Waals surface area (Å²) in [6, 6.07) is 7.12. The maximum absolute atomic E-state index is 13.5. The maximum atomic E-state index is 13.5. The van der Waals surface area contributed by atoms with Crippen molar-refractivity contribution in [1.82, 2.24) is 5.43 Å². The molecule has 16 heavy (non-hydrogen) atoms. The molecule has 1 aliphatic rings. The minimum Gasteiger partial charge on any atom is -0.271 e. The molecule has 0 aromatic heterocycles. The Labute approximate surface area is 96.0 Å². The molecule has 0 radical (unpaired) electrons. The predicted octanol–water partition coefficient (Wildman–Crippen LogP) is 2.39. The van der Waals surface area contributed by atoms with Crippen LogP contribution >= 0.6 is 0 Å². The molecule has 1 aromatic rings.